The number of hydrogen-bond donors (Lipinski definition) is 2. The lowest BCUT2D eigenvalue weighted by Crippen LogP contribution is -2.12. The van der Waals surface area contributed by atoms with Crippen LogP contribution in [0.4, 0.5) is 23.0 Å². The zero-order chi connectivity index (χ0) is 20.6. The number of para-hydroxylation sites is 1. The largest absolute Gasteiger partial charge is 0.462 e. The van der Waals surface area contributed by atoms with Gasteiger partial charge in [0, 0.05) is 11.4 Å². The van der Waals surface area contributed by atoms with Gasteiger partial charge in [0.1, 0.15) is 6.33 Å². The smallest absolute Gasteiger partial charge is 0.353 e. The first-order valence-corrected chi connectivity index (χ1v) is 9.77. The van der Waals surface area contributed by atoms with Gasteiger partial charge in [0.2, 0.25) is 11.6 Å². The lowest BCUT2D eigenvalue weighted by atomic mass is 10.2. The lowest BCUT2D eigenvalue weighted by molar-refractivity contribution is -0.383. The first-order chi connectivity index (χ1) is 14.1. The van der Waals surface area contributed by atoms with Crippen molar-refractivity contribution < 1.29 is 14.5 Å². The summed E-state index contributed by atoms with van der Waals surface area (Å²) >= 11 is 1.62. The van der Waals surface area contributed by atoms with Crippen molar-refractivity contribution in [3.63, 3.8) is 0 Å². The summed E-state index contributed by atoms with van der Waals surface area (Å²) in [5.74, 6) is -0.431. The van der Waals surface area contributed by atoms with E-state index < -0.39 is 10.9 Å². The van der Waals surface area contributed by atoms with Gasteiger partial charge < -0.3 is 15.4 Å². The first-order valence-electron chi connectivity index (χ1n) is 8.89. The zero-order valence-electron chi connectivity index (χ0n) is 15.6. The number of benzene rings is 1. The fourth-order valence-corrected chi connectivity index (χ4v) is 3.35. The Bertz CT molecular complexity index is 994. The monoisotopic (exact) mass is 413 g/mol. The second-order valence-corrected chi connectivity index (χ2v) is 6.86. The highest BCUT2D eigenvalue weighted by molar-refractivity contribution is 7.09. The van der Waals surface area contributed by atoms with Crippen LogP contribution in [-0.4, -0.2) is 34.0 Å². The molecule has 2 N–H and O–H groups in total. The van der Waals surface area contributed by atoms with Crippen molar-refractivity contribution in [2.45, 2.75) is 13.3 Å². The van der Waals surface area contributed by atoms with E-state index in [1.54, 1.807) is 42.5 Å². The van der Waals surface area contributed by atoms with Gasteiger partial charge in [-0.15, -0.1) is 11.3 Å². The summed E-state index contributed by atoms with van der Waals surface area (Å²) < 4.78 is 5.04. The molecule has 2 heterocycles. The summed E-state index contributed by atoms with van der Waals surface area (Å²) in [5, 5.41) is 19.6. The Morgan fingerprint density at radius 1 is 1.21 bits per heavy atom. The number of esters is 1. The van der Waals surface area contributed by atoms with Crippen LogP contribution < -0.4 is 10.6 Å². The Labute approximate surface area is 170 Å². The van der Waals surface area contributed by atoms with Crippen LogP contribution in [0.15, 0.2) is 48.1 Å². The molecule has 29 heavy (non-hydrogen) atoms. The van der Waals surface area contributed by atoms with Crippen LogP contribution in [0.25, 0.3) is 0 Å². The fourth-order valence-electron chi connectivity index (χ4n) is 2.64. The molecule has 0 saturated carbocycles. The predicted octanol–water partition coefficient (Wildman–Crippen LogP) is 4.02. The summed E-state index contributed by atoms with van der Waals surface area (Å²) in [4.78, 5) is 32.5. The number of hydrogen-bond acceptors (Lipinski definition) is 9. The molecule has 0 amide bonds. The fraction of sp³-hybridized carbons (Fsp3) is 0.211. The van der Waals surface area contributed by atoms with Crippen molar-refractivity contribution in [1.82, 2.24) is 9.97 Å². The molecule has 0 aliphatic heterocycles. The maximum absolute atomic E-state index is 12.2. The number of aromatic nitrogens is 2. The number of ether oxygens (including phenoxy) is 1. The topological polar surface area (TPSA) is 119 Å². The van der Waals surface area contributed by atoms with Gasteiger partial charge in [-0.2, -0.15) is 0 Å². The van der Waals surface area contributed by atoms with Crippen molar-refractivity contribution in [1.29, 1.82) is 0 Å². The van der Waals surface area contributed by atoms with Crippen LogP contribution in [0.5, 0.6) is 0 Å². The Balaban J connectivity index is 1.84. The number of thiophene rings is 1. The van der Waals surface area contributed by atoms with Crippen molar-refractivity contribution in [3.05, 3.63) is 68.7 Å². The second-order valence-electron chi connectivity index (χ2n) is 5.82. The van der Waals surface area contributed by atoms with E-state index >= 15 is 0 Å². The third-order valence-corrected chi connectivity index (χ3v) is 4.86. The molecule has 0 aliphatic carbocycles. The summed E-state index contributed by atoms with van der Waals surface area (Å²) in [5.41, 5.74) is 0.323. The van der Waals surface area contributed by atoms with Crippen LogP contribution in [0.2, 0.25) is 0 Å². The van der Waals surface area contributed by atoms with E-state index in [4.69, 9.17) is 4.74 Å². The van der Waals surface area contributed by atoms with Crippen molar-refractivity contribution in [2.75, 3.05) is 23.8 Å². The van der Waals surface area contributed by atoms with E-state index in [1.807, 2.05) is 17.5 Å². The molecule has 0 unspecified atom stereocenters. The first kappa shape index (κ1) is 20.2. The molecule has 0 saturated heterocycles. The average Bonchev–Trinajstić information content (AvgIpc) is 3.22. The Morgan fingerprint density at radius 3 is 2.72 bits per heavy atom. The van der Waals surface area contributed by atoms with Crippen LogP contribution in [0.1, 0.15) is 22.2 Å². The molecule has 10 heteroatoms. The Morgan fingerprint density at radius 2 is 2.00 bits per heavy atom. The van der Waals surface area contributed by atoms with Gasteiger partial charge >= 0.3 is 11.7 Å². The number of anilines is 3. The standard InChI is InChI=1S/C19H19N5O4S/c1-2-28-19(25)14-7-3-4-8-15(14)23-18-16(24(26)27)17(21-12-22-18)20-10-9-13-6-5-11-29-13/h3-8,11-12H,2,9-10H2,1H3,(H2,20,21,22,23). The molecule has 2 aromatic heterocycles. The highest BCUT2D eigenvalue weighted by atomic mass is 32.1. The van der Waals surface area contributed by atoms with Gasteiger partial charge in [-0.25, -0.2) is 14.8 Å². The van der Waals surface area contributed by atoms with Crippen LogP contribution in [0.3, 0.4) is 0 Å². The van der Waals surface area contributed by atoms with Crippen LogP contribution in [-0.2, 0) is 11.2 Å². The number of nitrogens with one attached hydrogen (secondary N) is 2. The van der Waals surface area contributed by atoms with Crippen LogP contribution in [0, 0.1) is 10.1 Å². The quantitative estimate of drug-likeness (QED) is 0.307. The highest BCUT2D eigenvalue weighted by Crippen LogP contribution is 2.32. The van der Waals surface area contributed by atoms with Crippen LogP contribution >= 0.6 is 11.3 Å². The van der Waals surface area contributed by atoms with Gasteiger partial charge in [0.15, 0.2) is 0 Å². The Kier molecular flexibility index (Phi) is 6.69. The summed E-state index contributed by atoms with van der Waals surface area (Å²) in [6.07, 6.45) is 1.95. The molecule has 150 valence electrons. The van der Waals surface area contributed by atoms with Gasteiger partial charge in [-0.1, -0.05) is 18.2 Å². The van der Waals surface area contributed by atoms with E-state index in [0.717, 1.165) is 4.88 Å². The summed E-state index contributed by atoms with van der Waals surface area (Å²) in [6.45, 7) is 2.41. The number of carbonyl (C=O) groups is 1. The molecule has 0 aliphatic rings. The number of nitrogens with zero attached hydrogens (tertiary/aromatic N) is 3. The van der Waals surface area contributed by atoms with E-state index in [2.05, 4.69) is 20.6 Å². The summed E-state index contributed by atoms with van der Waals surface area (Å²) in [6, 6.07) is 10.5. The van der Waals surface area contributed by atoms with Gasteiger partial charge in [0.05, 0.1) is 22.8 Å². The third-order valence-electron chi connectivity index (χ3n) is 3.92. The van der Waals surface area contributed by atoms with Crippen molar-refractivity contribution in [3.8, 4) is 0 Å². The number of rotatable bonds is 9. The molecule has 0 atom stereocenters. The Hall–Kier alpha value is -3.53. The number of nitro groups is 1. The van der Waals surface area contributed by atoms with Crippen molar-refractivity contribution >= 4 is 40.3 Å². The van der Waals surface area contributed by atoms with Gasteiger partial charge in [-0.3, -0.25) is 10.1 Å². The molecule has 0 fully saturated rings. The highest BCUT2D eigenvalue weighted by Gasteiger charge is 2.24. The third kappa shape index (κ3) is 5.05. The molecule has 0 bridgehead atoms. The van der Waals surface area contributed by atoms with Crippen molar-refractivity contribution in [2.24, 2.45) is 0 Å². The molecule has 1 aromatic carbocycles. The maximum atomic E-state index is 12.2. The molecule has 0 radical (unpaired) electrons. The number of carbonyl (C=O) groups excluding carboxylic acids is 1. The van der Waals surface area contributed by atoms with Gasteiger partial charge in [-0.05, 0) is 36.9 Å². The summed E-state index contributed by atoms with van der Waals surface area (Å²) in [7, 11) is 0. The maximum Gasteiger partial charge on any atom is 0.353 e. The zero-order valence-corrected chi connectivity index (χ0v) is 16.4. The minimum absolute atomic E-state index is 0.0135. The van der Waals surface area contributed by atoms with E-state index in [1.165, 1.54) is 6.33 Å². The predicted molar refractivity (Wildman–Crippen MR) is 111 cm³/mol. The average molecular weight is 413 g/mol. The second kappa shape index (κ2) is 9.60. The van der Waals surface area contributed by atoms with Gasteiger partial charge in [0.25, 0.3) is 0 Å². The molecule has 0 spiro atoms. The van der Waals surface area contributed by atoms with E-state index in [9.17, 15) is 14.9 Å². The van der Waals surface area contributed by atoms with E-state index in [0.29, 0.717) is 18.7 Å². The molecular formula is C19H19N5O4S. The minimum Gasteiger partial charge on any atom is -0.462 e. The van der Waals surface area contributed by atoms with E-state index in [-0.39, 0.29) is 29.5 Å². The lowest BCUT2D eigenvalue weighted by Gasteiger charge is -2.12. The SMILES string of the molecule is CCOC(=O)c1ccccc1Nc1ncnc(NCCc2cccs2)c1[N+](=O)[O-]. The minimum atomic E-state index is -0.553. The molecule has 3 rings (SSSR count). The molecular weight excluding hydrogens is 394 g/mol. The normalized spacial score (nSPS) is 10.4. The molecule has 9 nitrogen and oxygen atoms in total. The molecule has 3 aromatic rings.